The van der Waals surface area contributed by atoms with Crippen LogP contribution in [-0.4, -0.2) is 19.1 Å². The molecule has 1 N–H and O–H groups in total. The molecule has 0 radical (unpaired) electrons. The number of hydrogen-bond donors (Lipinski definition) is 1. The first-order valence-electron chi connectivity index (χ1n) is 16.1. The van der Waals surface area contributed by atoms with Gasteiger partial charge in [-0.15, -0.1) is 0 Å². The van der Waals surface area contributed by atoms with Crippen molar-refractivity contribution in [2.75, 3.05) is 0 Å². The minimum Gasteiger partial charge on any atom is -0.489 e. The molecule has 1 aromatic carbocycles. The van der Waals surface area contributed by atoms with Gasteiger partial charge in [0.1, 0.15) is 10.6 Å². The summed E-state index contributed by atoms with van der Waals surface area (Å²) in [5.41, 5.74) is 3.45. The molecule has 0 bridgehead atoms. The Bertz CT molecular complexity index is 845. The van der Waals surface area contributed by atoms with Gasteiger partial charge in [0, 0.05) is 0 Å². The van der Waals surface area contributed by atoms with Gasteiger partial charge in [0.05, 0.1) is 6.10 Å². The van der Waals surface area contributed by atoms with Crippen molar-refractivity contribution < 1.29 is 17.7 Å². The quantitative estimate of drug-likeness (QED) is 0.102. The van der Waals surface area contributed by atoms with E-state index in [1.54, 1.807) is 6.07 Å². The molecule has 4 nitrogen and oxygen atoms in total. The fourth-order valence-electron chi connectivity index (χ4n) is 5.41. The minimum absolute atomic E-state index is 0.0279. The zero-order valence-electron chi connectivity index (χ0n) is 25.6. The van der Waals surface area contributed by atoms with Crippen LogP contribution in [0.3, 0.4) is 0 Å². The van der Waals surface area contributed by atoms with Crippen molar-refractivity contribution in [2.24, 2.45) is 0 Å². The zero-order chi connectivity index (χ0) is 28.2. The van der Waals surface area contributed by atoms with Gasteiger partial charge in [-0.1, -0.05) is 117 Å². The summed E-state index contributed by atoms with van der Waals surface area (Å²) in [6.45, 7) is 10.6. The van der Waals surface area contributed by atoms with Gasteiger partial charge in [-0.25, -0.2) is 0 Å². The van der Waals surface area contributed by atoms with Crippen molar-refractivity contribution in [3.05, 3.63) is 22.8 Å². The lowest BCUT2D eigenvalue weighted by molar-refractivity contribution is 0.232. The molecule has 0 saturated heterocycles. The first-order valence-corrected chi connectivity index (χ1v) is 17.5. The number of benzene rings is 1. The van der Waals surface area contributed by atoms with E-state index in [2.05, 4.69) is 20.8 Å². The molecule has 0 unspecified atom stereocenters. The third-order valence-electron chi connectivity index (χ3n) is 7.55. The van der Waals surface area contributed by atoms with E-state index in [0.29, 0.717) is 5.75 Å². The van der Waals surface area contributed by atoms with Crippen LogP contribution in [-0.2, 0) is 29.4 Å². The predicted octanol–water partition coefficient (Wildman–Crippen LogP) is 10.4. The van der Waals surface area contributed by atoms with Gasteiger partial charge in [0.2, 0.25) is 0 Å². The topological polar surface area (TPSA) is 63.6 Å². The molecule has 5 heteroatoms. The van der Waals surface area contributed by atoms with E-state index in [1.165, 1.54) is 89.0 Å². The van der Waals surface area contributed by atoms with Gasteiger partial charge in [0.25, 0.3) is 10.1 Å². The standard InChI is InChI=1S/C33H60O4S/c1-6-9-12-15-18-21-24-29-27-32(38(34,35)36)33(37-28(4)5)31(26-23-20-17-14-11-8-3)30(29)25-22-19-16-13-10-7-2/h27-28H,6-26H2,1-5H3,(H,34,35,36). The van der Waals surface area contributed by atoms with Crippen LogP contribution >= 0.6 is 0 Å². The van der Waals surface area contributed by atoms with Crippen LogP contribution in [0.25, 0.3) is 0 Å². The highest BCUT2D eigenvalue weighted by Crippen LogP contribution is 2.37. The van der Waals surface area contributed by atoms with Gasteiger partial charge in [0.15, 0.2) is 0 Å². The number of hydrogen-bond acceptors (Lipinski definition) is 3. The molecule has 0 spiro atoms. The van der Waals surface area contributed by atoms with Crippen molar-refractivity contribution in [3.8, 4) is 5.75 Å². The highest BCUT2D eigenvalue weighted by Gasteiger charge is 2.26. The summed E-state index contributed by atoms with van der Waals surface area (Å²) in [5.74, 6) is 0.406. The Hall–Kier alpha value is -1.07. The second-order valence-electron chi connectivity index (χ2n) is 11.5. The average molecular weight is 553 g/mol. The molecule has 0 aliphatic carbocycles. The zero-order valence-corrected chi connectivity index (χ0v) is 26.4. The molecule has 0 aromatic heterocycles. The Labute approximate surface area is 236 Å². The monoisotopic (exact) mass is 552 g/mol. The summed E-state index contributed by atoms with van der Waals surface area (Å²) >= 11 is 0. The summed E-state index contributed by atoms with van der Waals surface area (Å²) in [4.78, 5) is -0.0279. The number of unbranched alkanes of at least 4 members (excludes halogenated alkanes) is 15. The fraction of sp³-hybridized carbons (Fsp3) is 0.818. The lowest BCUT2D eigenvalue weighted by Crippen LogP contribution is -2.15. The molecule has 0 heterocycles. The van der Waals surface area contributed by atoms with Crippen LogP contribution in [0, 0.1) is 0 Å². The van der Waals surface area contributed by atoms with Crippen molar-refractivity contribution in [2.45, 2.75) is 180 Å². The Morgan fingerprint density at radius 3 is 1.45 bits per heavy atom. The first kappa shape index (κ1) is 35.0. The Morgan fingerprint density at radius 2 is 1.03 bits per heavy atom. The second kappa shape index (κ2) is 20.8. The molecular weight excluding hydrogens is 492 g/mol. The van der Waals surface area contributed by atoms with E-state index in [1.807, 2.05) is 13.8 Å². The lowest BCUT2D eigenvalue weighted by atomic mass is 9.89. The number of aryl methyl sites for hydroxylation is 1. The van der Waals surface area contributed by atoms with Crippen LogP contribution in [0.1, 0.15) is 167 Å². The van der Waals surface area contributed by atoms with Gasteiger partial charge in [-0.05, 0) is 75.1 Å². The van der Waals surface area contributed by atoms with Crippen LogP contribution < -0.4 is 4.74 Å². The smallest absolute Gasteiger partial charge is 0.298 e. The Kier molecular flexibility index (Phi) is 19.1. The van der Waals surface area contributed by atoms with Crippen molar-refractivity contribution >= 4 is 10.1 Å². The molecule has 0 atom stereocenters. The molecule has 222 valence electrons. The van der Waals surface area contributed by atoms with Crippen LogP contribution in [0.2, 0.25) is 0 Å². The third kappa shape index (κ3) is 14.4. The molecule has 1 rings (SSSR count). The predicted molar refractivity (Wildman–Crippen MR) is 163 cm³/mol. The normalized spacial score (nSPS) is 12.0. The number of ether oxygens (including phenoxy) is 1. The molecule has 0 aliphatic rings. The van der Waals surface area contributed by atoms with Crippen molar-refractivity contribution in [1.29, 1.82) is 0 Å². The largest absolute Gasteiger partial charge is 0.489 e. The van der Waals surface area contributed by atoms with Crippen LogP contribution in [0.15, 0.2) is 11.0 Å². The molecule has 0 fully saturated rings. The maximum atomic E-state index is 12.6. The minimum atomic E-state index is -4.39. The first-order chi connectivity index (χ1) is 18.3. The maximum absolute atomic E-state index is 12.6. The average Bonchev–Trinajstić information content (AvgIpc) is 2.86. The Balaban J connectivity index is 3.32. The highest BCUT2D eigenvalue weighted by atomic mass is 32.2. The molecule has 0 saturated carbocycles. The van der Waals surface area contributed by atoms with Gasteiger partial charge < -0.3 is 4.74 Å². The second-order valence-corrected chi connectivity index (χ2v) is 12.9. The van der Waals surface area contributed by atoms with Gasteiger partial charge >= 0.3 is 0 Å². The van der Waals surface area contributed by atoms with Gasteiger partial charge in [-0.2, -0.15) is 8.42 Å². The van der Waals surface area contributed by atoms with Crippen molar-refractivity contribution in [3.63, 3.8) is 0 Å². The van der Waals surface area contributed by atoms with E-state index < -0.39 is 10.1 Å². The summed E-state index contributed by atoms with van der Waals surface area (Å²) < 4.78 is 41.6. The summed E-state index contributed by atoms with van der Waals surface area (Å²) in [5, 5.41) is 0. The molecule has 1 aromatic rings. The van der Waals surface area contributed by atoms with Crippen LogP contribution in [0.4, 0.5) is 0 Å². The number of rotatable bonds is 24. The SMILES string of the molecule is CCCCCCCCc1cc(S(=O)(=O)O)c(OC(C)C)c(CCCCCCCC)c1CCCCCCCC. The maximum Gasteiger partial charge on any atom is 0.298 e. The van der Waals surface area contributed by atoms with E-state index in [-0.39, 0.29) is 11.0 Å². The van der Waals surface area contributed by atoms with E-state index in [4.69, 9.17) is 4.74 Å². The molecular formula is C33H60O4S. The Morgan fingerprint density at radius 1 is 0.632 bits per heavy atom. The fourth-order valence-corrected chi connectivity index (χ4v) is 6.10. The third-order valence-corrected chi connectivity index (χ3v) is 8.41. The van der Waals surface area contributed by atoms with Crippen molar-refractivity contribution in [1.82, 2.24) is 0 Å². The summed E-state index contributed by atoms with van der Waals surface area (Å²) in [6, 6.07) is 1.75. The van der Waals surface area contributed by atoms with E-state index in [0.717, 1.165) is 62.5 Å². The van der Waals surface area contributed by atoms with Gasteiger partial charge in [-0.3, -0.25) is 4.55 Å². The summed E-state index contributed by atoms with van der Waals surface area (Å²) in [6.07, 6.45) is 24.2. The highest BCUT2D eigenvalue weighted by molar-refractivity contribution is 7.86. The molecule has 38 heavy (non-hydrogen) atoms. The van der Waals surface area contributed by atoms with E-state index >= 15 is 0 Å². The molecule has 0 aliphatic heterocycles. The lowest BCUT2D eigenvalue weighted by Gasteiger charge is -2.23. The molecule has 0 amide bonds. The van der Waals surface area contributed by atoms with Crippen LogP contribution in [0.5, 0.6) is 5.75 Å². The summed E-state index contributed by atoms with van der Waals surface area (Å²) in [7, 11) is -4.39. The van der Waals surface area contributed by atoms with E-state index in [9.17, 15) is 13.0 Å².